The molecule has 0 aliphatic heterocycles. The molecule has 0 atom stereocenters. The highest BCUT2D eigenvalue weighted by molar-refractivity contribution is 14.1. The lowest BCUT2D eigenvalue weighted by Crippen LogP contribution is -2.24. The van der Waals surface area contributed by atoms with Crippen LogP contribution in [0.15, 0.2) is 41.5 Å². The number of nitrogens with one attached hydrogen (secondary N) is 2. The molecule has 114 valence electrons. The van der Waals surface area contributed by atoms with Crippen LogP contribution >= 0.6 is 22.6 Å². The first kappa shape index (κ1) is 16.3. The third kappa shape index (κ3) is 4.45. The average Bonchev–Trinajstić information content (AvgIpc) is 2.46. The van der Waals surface area contributed by atoms with E-state index >= 15 is 0 Å². The van der Waals surface area contributed by atoms with Gasteiger partial charge in [0, 0.05) is 5.69 Å². The molecule has 0 bridgehead atoms. The van der Waals surface area contributed by atoms with Crippen molar-refractivity contribution in [1.29, 1.82) is 0 Å². The van der Waals surface area contributed by atoms with E-state index < -0.39 is 6.03 Å². The number of phenolic OH excluding ortho intramolecular Hbond substituents is 1. The number of hydrogen-bond acceptors (Lipinski definition) is 3. The van der Waals surface area contributed by atoms with Gasteiger partial charge in [0.1, 0.15) is 5.75 Å². The van der Waals surface area contributed by atoms with Crippen LogP contribution in [0.25, 0.3) is 0 Å². The predicted molar refractivity (Wildman–Crippen MR) is 96.5 cm³/mol. The molecule has 0 saturated heterocycles. The summed E-state index contributed by atoms with van der Waals surface area (Å²) >= 11 is 2.02. The SMILES string of the molecule is Cc1ccc(NC(=O)N/N=C/c2ccc(O)c(I)c2)c(C)c1. The van der Waals surface area contributed by atoms with E-state index in [0.717, 1.165) is 25.9 Å². The number of carbonyl (C=O) groups is 1. The van der Waals surface area contributed by atoms with Gasteiger partial charge in [0.05, 0.1) is 9.78 Å². The van der Waals surface area contributed by atoms with Crippen LogP contribution < -0.4 is 10.7 Å². The zero-order chi connectivity index (χ0) is 16.1. The molecule has 2 aromatic rings. The topological polar surface area (TPSA) is 73.7 Å². The number of phenols is 1. The summed E-state index contributed by atoms with van der Waals surface area (Å²) in [5.74, 6) is 0.221. The molecule has 0 saturated carbocycles. The van der Waals surface area contributed by atoms with Gasteiger partial charge >= 0.3 is 6.03 Å². The molecule has 3 N–H and O–H groups in total. The van der Waals surface area contributed by atoms with E-state index in [4.69, 9.17) is 0 Å². The van der Waals surface area contributed by atoms with Crippen molar-refractivity contribution < 1.29 is 9.90 Å². The maximum absolute atomic E-state index is 11.8. The highest BCUT2D eigenvalue weighted by atomic mass is 127. The maximum atomic E-state index is 11.8. The number of urea groups is 1. The van der Waals surface area contributed by atoms with Gasteiger partial charge in [-0.3, -0.25) is 0 Å². The molecule has 0 heterocycles. The van der Waals surface area contributed by atoms with Gasteiger partial charge in [0.15, 0.2) is 0 Å². The molecule has 0 fully saturated rings. The van der Waals surface area contributed by atoms with Gasteiger partial charge in [-0.05, 0) is 71.8 Å². The average molecular weight is 409 g/mol. The molecule has 6 heteroatoms. The Labute approximate surface area is 142 Å². The summed E-state index contributed by atoms with van der Waals surface area (Å²) in [6.45, 7) is 3.93. The molecule has 0 radical (unpaired) electrons. The van der Waals surface area contributed by atoms with Crippen molar-refractivity contribution in [2.24, 2.45) is 5.10 Å². The van der Waals surface area contributed by atoms with Gasteiger partial charge < -0.3 is 10.4 Å². The van der Waals surface area contributed by atoms with E-state index in [1.807, 2.05) is 54.6 Å². The largest absolute Gasteiger partial charge is 0.507 e. The number of amides is 2. The Kier molecular flexibility index (Phi) is 5.37. The fourth-order valence-corrected chi connectivity index (χ4v) is 2.41. The fraction of sp³-hybridized carbons (Fsp3) is 0.125. The van der Waals surface area contributed by atoms with Crippen molar-refractivity contribution >= 4 is 40.5 Å². The Hall–Kier alpha value is -2.09. The van der Waals surface area contributed by atoms with Crippen LogP contribution in [-0.2, 0) is 0 Å². The zero-order valence-electron chi connectivity index (χ0n) is 12.2. The molecule has 0 aliphatic rings. The number of anilines is 1. The van der Waals surface area contributed by atoms with Crippen molar-refractivity contribution in [1.82, 2.24) is 5.43 Å². The molecule has 22 heavy (non-hydrogen) atoms. The Bertz CT molecular complexity index is 729. The quantitative estimate of drug-likeness (QED) is 0.410. The maximum Gasteiger partial charge on any atom is 0.339 e. The molecule has 2 amide bonds. The number of halogens is 1. The molecule has 2 rings (SSSR count). The van der Waals surface area contributed by atoms with Crippen molar-refractivity contribution in [2.45, 2.75) is 13.8 Å². The van der Waals surface area contributed by atoms with Crippen molar-refractivity contribution in [3.05, 3.63) is 56.7 Å². The monoisotopic (exact) mass is 409 g/mol. The van der Waals surface area contributed by atoms with Crippen LogP contribution in [0.5, 0.6) is 5.75 Å². The molecule has 0 spiro atoms. The van der Waals surface area contributed by atoms with Crippen LogP contribution in [0.2, 0.25) is 0 Å². The van der Waals surface area contributed by atoms with Gasteiger partial charge in [-0.1, -0.05) is 17.7 Å². The second-order valence-electron chi connectivity index (χ2n) is 4.85. The van der Waals surface area contributed by atoms with Crippen LogP contribution in [0.4, 0.5) is 10.5 Å². The number of aromatic hydroxyl groups is 1. The van der Waals surface area contributed by atoms with E-state index in [1.165, 1.54) is 6.21 Å². The van der Waals surface area contributed by atoms with E-state index in [9.17, 15) is 9.90 Å². The molecule has 0 unspecified atom stereocenters. The third-order valence-corrected chi connectivity index (χ3v) is 3.85. The number of hydrazone groups is 1. The summed E-state index contributed by atoms with van der Waals surface area (Å²) in [5, 5.41) is 16.1. The lowest BCUT2D eigenvalue weighted by molar-refractivity contribution is 0.252. The standard InChI is InChI=1S/C16H16IN3O2/c1-10-3-5-14(11(2)7-10)19-16(22)20-18-9-12-4-6-15(21)13(17)8-12/h3-9,21H,1-2H3,(H2,19,20,22)/b18-9+. The number of nitrogens with zero attached hydrogens (tertiary/aromatic N) is 1. The minimum Gasteiger partial charge on any atom is -0.507 e. The van der Waals surface area contributed by atoms with Gasteiger partial charge in [-0.15, -0.1) is 0 Å². The molecular formula is C16H16IN3O2. The van der Waals surface area contributed by atoms with Crippen LogP contribution in [0.3, 0.4) is 0 Å². The molecule has 0 aliphatic carbocycles. The molecule has 2 aromatic carbocycles. The van der Waals surface area contributed by atoms with E-state index in [-0.39, 0.29) is 5.75 Å². The van der Waals surface area contributed by atoms with Crippen LogP contribution in [0.1, 0.15) is 16.7 Å². The summed E-state index contributed by atoms with van der Waals surface area (Å²) in [7, 11) is 0. The Morgan fingerprint density at radius 1 is 1.23 bits per heavy atom. The number of rotatable bonds is 3. The Balaban J connectivity index is 1.94. The van der Waals surface area contributed by atoms with Gasteiger partial charge in [-0.25, -0.2) is 10.2 Å². The van der Waals surface area contributed by atoms with E-state index in [1.54, 1.807) is 18.2 Å². The molecular weight excluding hydrogens is 393 g/mol. The normalized spacial score (nSPS) is 10.7. The smallest absolute Gasteiger partial charge is 0.339 e. The molecule has 0 aromatic heterocycles. The summed E-state index contributed by atoms with van der Waals surface area (Å²) in [5.41, 5.74) is 6.08. The first-order chi connectivity index (χ1) is 10.5. The van der Waals surface area contributed by atoms with Gasteiger partial charge in [0.25, 0.3) is 0 Å². The number of aryl methyl sites for hydroxylation is 2. The second kappa shape index (κ2) is 7.26. The number of carbonyl (C=O) groups excluding carboxylic acids is 1. The Morgan fingerprint density at radius 2 is 2.00 bits per heavy atom. The van der Waals surface area contributed by atoms with E-state index in [0.29, 0.717) is 0 Å². The van der Waals surface area contributed by atoms with Crippen molar-refractivity contribution in [3.8, 4) is 5.75 Å². The predicted octanol–water partition coefficient (Wildman–Crippen LogP) is 3.77. The first-order valence-corrected chi connectivity index (χ1v) is 7.69. The second-order valence-corrected chi connectivity index (χ2v) is 6.02. The minimum absolute atomic E-state index is 0.221. The lowest BCUT2D eigenvalue weighted by Gasteiger charge is -2.08. The Morgan fingerprint density at radius 3 is 2.68 bits per heavy atom. The van der Waals surface area contributed by atoms with E-state index in [2.05, 4.69) is 15.8 Å². The highest BCUT2D eigenvalue weighted by Crippen LogP contribution is 2.19. The first-order valence-electron chi connectivity index (χ1n) is 6.61. The summed E-state index contributed by atoms with van der Waals surface area (Å²) in [6.07, 6.45) is 1.52. The third-order valence-electron chi connectivity index (χ3n) is 2.98. The van der Waals surface area contributed by atoms with Crippen LogP contribution in [0, 0.1) is 17.4 Å². The molecule has 5 nitrogen and oxygen atoms in total. The number of hydrogen-bond donors (Lipinski definition) is 3. The lowest BCUT2D eigenvalue weighted by atomic mass is 10.1. The number of benzene rings is 2. The minimum atomic E-state index is -0.406. The zero-order valence-corrected chi connectivity index (χ0v) is 14.4. The van der Waals surface area contributed by atoms with Crippen LogP contribution in [-0.4, -0.2) is 17.4 Å². The van der Waals surface area contributed by atoms with Gasteiger partial charge in [0.2, 0.25) is 0 Å². The van der Waals surface area contributed by atoms with Crippen molar-refractivity contribution in [3.63, 3.8) is 0 Å². The summed E-state index contributed by atoms with van der Waals surface area (Å²) < 4.78 is 0.723. The van der Waals surface area contributed by atoms with Crippen molar-refractivity contribution in [2.75, 3.05) is 5.32 Å². The summed E-state index contributed by atoms with van der Waals surface area (Å²) in [4.78, 5) is 11.8. The summed E-state index contributed by atoms with van der Waals surface area (Å²) in [6, 6.07) is 10.4. The fourth-order valence-electron chi connectivity index (χ4n) is 1.87. The van der Waals surface area contributed by atoms with Gasteiger partial charge in [-0.2, -0.15) is 5.10 Å². The highest BCUT2D eigenvalue weighted by Gasteiger charge is 2.03.